The van der Waals surface area contributed by atoms with Gasteiger partial charge in [-0.1, -0.05) is 36.4 Å². The number of anilines is 1. The molecule has 90 valence electrons. The molecule has 0 saturated carbocycles. The molecule has 3 nitrogen and oxygen atoms in total. The monoisotopic (exact) mass is 237 g/mol. The molecule has 0 fully saturated rings. The van der Waals surface area contributed by atoms with Gasteiger partial charge in [-0.15, -0.1) is 0 Å². The lowest BCUT2D eigenvalue weighted by molar-refractivity contribution is 0.638. The van der Waals surface area contributed by atoms with Crippen LogP contribution in [0.15, 0.2) is 60.9 Å². The van der Waals surface area contributed by atoms with E-state index in [-0.39, 0.29) is 0 Å². The van der Waals surface area contributed by atoms with Gasteiger partial charge in [0.1, 0.15) is 0 Å². The normalized spacial score (nSPS) is 10.7. The summed E-state index contributed by atoms with van der Waals surface area (Å²) in [6, 6.07) is 16.7. The summed E-state index contributed by atoms with van der Waals surface area (Å²) in [6.45, 7) is 1.74. The molecule has 1 aromatic heterocycles. The van der Waals surface area contributed by atoms with Crippen LogP contribution in [0.1, 0.15) is 0 Å². The Morgan fingerprint density at radius 3 is 2.78 bits per heavy atom. The lowest BCUT2D eigenvalue weighted by Crippen LogP contribution is -2.10. The molecule has 1 heterocycles. The maximum Gasteiger partial charge on any atom is 0.0582 e. The molecule has 3 aromatic rings. The second-order valence-electron chi connectivity index (χ2n) is 4.22. The van der Waals surface area contributed by atoms with Gasteiger partial charge in [0.05, 0.1) is 6.54 Å². The van der Waals surface area contributed by atoms with Crippen LogP contribution in [-0.2, 0) is 6.54 Å². The fourth-order valence-electron chi connectivity index (χ4n) is 2.12. The molecule has 3 heteroatoms. The summed E-state index contributed by atoms with van der Waals surface area (Å²) >= 11 is 0. The van der Waals surface area contributed by atoms with Gasteiger partial charge >= 0.3 is 0 Å². The van der Waals surface area contributed by atoms with E-state index in [4.69, 9.17) is 0 Å². The molecule has 3 rings (SSSR count). The van der Waals surface area contributed by atoms with Crippen LogP contribution in [0.3, 0.4) is 0 Å². The SMILES string of the molecule is c1ccc2c(NCCn3cccn3)cccc2c1. The lowest BCUT2D eigenvalue weighted by Gasteiger charge is -2.09. The quantitative estimate of drug-likeness (QED) is 0.755. The predicted molar refractivity (Wildman–Crippen MR) is 74.7 cm³/mol. The van der Waals surface area contributed by atoms with E-state index in [9.17, 15) is 0 Å². The number of hydrogen-bond donors (Lipinski definition) is 1. The third-order valence-electron chi connectivity index (χ3n) is 3.01. The number of hydrogen-bond acceptors (Lipinski definition) is 2. The summed E-state index contributed by atoms with van der Waals surface area (Å²) in [5, 5.41) is 10.2. The minimum absolute atomic E-state index is 0.871. The maximum atomic E-state index is 4.19. The third kappa shape index (κ3) is 2.20. The summed E-state index contributed by atoms with van der Waals surface area (Å²) in [7, 11) is 0. The number of nitrogens with zero attached hydrogens (tertiary/aromatic N) is 2. The van der Waals surface area contributed by atoms with Crippen molar-refractivity contribution in [2.45, 2.75) is 6.54 Å². The Labute approximate surface area is 106 Å². The zero-order valence-corrected chi connectivity index (χ0v) is 10.1. The van der Waals surface area contributed by atoms with Crippen LogP contribution >= 0.6 is 0 Å². The first kappa shape index (κ1) is 10.8. The molecular formula is C15H15N3. The first-order valence-corrected chi connectivity index (χ1v) is 6.12. The standard InChI is InChI=1S/C15H15N3/c1-2-7-14-13(5-1)6-3-8-15(14)16-10-12-18-11-4-9-17-18/h1-9,11,16H,10,12H2. The number of nitrogens with one attached hydrogen (secondary N) is 1. The first-order valence-electron chi connectivity index (χ1n) is 6.12. The zero-order chi connectivity index (χ0) is 12.2. The highest BCUT2D eigenvalue weighted by atomic mass is 15.3. The Morgan fingerprint density at radius 2 is 1.89 bits per heavy atom. The lowest BCUT2D eigenvalue weighted by atomic mass is 10.1. The molecule has 0 bridgehead atoms. The first-order chi connectivity index (χ1) is 8.93. The van der Waals surface area contributed by atoms with Gasteiger partial charge in [0, 0.05) is 30.0 Å². The average Bonchev–Trinajstić information content (AvgIpc) is 2.92. The van der Waals surface area contributed by atoms with Crippen LogP contribution in [-0.4, -0.2) is 16.3 Å². The van der Waals surface area contributed by atoms with Gasteiger partial charge in [-0.2, -0.15) is 5.10 Å². The molecule has 0 saturated heterocycles. The summed E-state index contributed by atoms with van der Waals surface area (Å²) in [5.74, 6) is 0. The van der Waals surface area contributed by atoms with Crippen molar-refractivity contribution in [3.63, 3.8) is 0 Å². The van der Waals surface area contributed by atoms with Gasteiger partial charge in [0.2, 0.25) is 0 Å². The van der Waals surface area contributed by atoms with Crippen molar-refractivity contribution in [1.29, 1.82) is 0 Å². The molecular weight excluding hydrogens is 222 g/mol. The fourth-order valence-corrected chi connectivity index (χ4v) is 2.12. The van der Waals surface area contributed by atoms with Crippen molar-refractivity contribution < 1.29 is 0 Å². The number of fused-ring (bicyclic) bond motifs is 1. The number of benzene rings is 2. The predicted octanol–water partition coefficient (Wildman–Crippen LogP) is 3.15. The Hall–Kier alpha value is -2.29. The van der Waals surface area contributed by atoms with E-state index >= 15 is 0 Å². The average molecular weight is 237 g/mol. The topological polar surface area (TPSA) is 29.9 Å². The van der Waals surface area contributed by atoms with Crippen LogP contribution in [0.4, 0.5) is 5.69 Å². The summed E-state index contributed by atoms with van der Waals surface area (Å²) in [5.41, 5.74) is 1.18. The Balaban J connectivity index is 1.74. The van der Waals surface area contributed by atoms with E-state index in [1.54, 1.807) is 6.20 Å². The van der Waals surface area contributed by atoms with Gasteiger partial charge in [0.15, 0.2) is 0 Å². The molecule has 0 unspecified atom stereocenters. The molecule has 18 heavy (non-hydrogen) atoms. The Bertz CT molecular complexity index is 624. The van der Waals surface area contributed by atoms with Crippen molar-refractivity contribution >= 4 is 16.5 Å². The minimum atomic E-state index is 0.871. The maximum absolute atomic E-state index is 4.19. The van der Waals surface area contributed by atoms with Crippen molar-refractivity contribution in [2.75, 3.05) is 11.9 Å². The van der Waals surface area contributed by atoms with Crippen LogP contribution in [0.2, 0.25) is 0 Å². The molecule has 0 amide bonds. The highest BCUT2D eigenvalue weighted by Gasteiger charge is 1.99. The van der Waals surface area contributed by atoms with Gasteiger partial charge in [0.25, 0.3) is 0 Å². The molecule has 0 atom stereocenters. The van der Waals surface area contributed by atoms with E-state index in [0.29, 0.717) is 0 Å². The van der Waals surface area contributed by atoms with Crippen LogP contribution in [0.25, 0.3) is 10.8 Å². The molecule has 0 aliphatic carbocycles. The summed E-state index contributed by atoms with van der Waals surface area (Å²) in [4.78, 5) is 0. The Kier molecular flexibility index (Phi) is 2.96. The molecule has 1 N–H and O–H groups in total. The van der Waals surface area contributed by atoms with Crippen molar-refractivity contribution in [2.24, 2.45) is 0 Å². The number of rotatable bonds is 4. The van der Waals surface area contributed by atoms with Gasteiger partial charge in [-0.05, 0) is 17.5 Å². The van der Waals surface area contributed by atoms with E-state index in [0.717, 1.165) is 13.1 Å². The molecule has 0 aliphatic heterocycles. The Morgan fingerprint density at radius 1 is 1.00 bits per heavy atom. The van der Waals surface area contributed by atoms with Gasteiger partial charge in [-0.25, -0.2) is 0 Å². The summed E-state index contributed by atoms with van der Waals surface area (Å²) < 4.78 is 1.93. The van der Waals surface area contributed by atoms with Crippen LogP contribution < -0.4 is 5.32 Å². The van der Waals surface area contributed by atoms with Gasteiger partial charge in [-0.3, -0.25) is 4.68 Å². The van der Waals surface area contributed by atoms with Crippen molar-refractivity contribution in [3.05, 3.63) is 60.9 Å². The van der Waals surface area contributed by atoms with Crippen LogP contribution in [0, 0.1) is 0 Å². The van der Waals surface area contributed by atoms with Gasteiger partial charge < -0.3 is 5.32 Å². The van der Waals surface area contributed by atoms with E-state index in [1.807, 2.05) is 16.9 Å². The summed E-state index contributed by atoms with van der Waals surface area (Å²) in [6.07, 6.45) is 3.78. The highest BCUT2D eigenvalue weighted by Crippen LogP contribution is 2.22. The fraction of sp³-hybridized carbons (Fsp3) is 0.133. The third-order valence-corrected chi connectivity index (χ3v) is 3.01. The second kappa shape index (κ2) is 4.92. The van der Waals surface area contributed by atoms with Crippen molar-refractivity contribution in [1.82, 2.24) is 9.78 Å². The largest absolute Gasteiger partial charge is 0.383 e. The second-order valence-corrected chi connectivity index (χ2v) is 4.22. The van der Waals surface area contributed by atoms with E-state index in [2.05, 4.69) is 52.9 Å². The van der Waals surface area contributed by atoms with E-state index in [1.165, 1.54) is 16.5 Å². The minimum Gasteiger partial charge on any atom is -0.383 e. The molecule has 0 radical (unpaired) electrons. The zero-order valence-electron chi connectivity index (χ0n) is 10.1. The molecule has 0 aliphatic rings. The van der Waals surface area contributed by atoms with Crippen LogP contribution in [0.5, 0.6) is 0 Å². The molecule has 0 spiro atoms. The highest BCUT2D eigenvalue weighted by molar-refractivity contribution is 5.93. The smallest absolute Gasteiger partial charge is 0.0582 e. The van der Waals surface area contributed by atoms with Crippen molar-refractivity contribution in [3.8, 4) is 0 Å². The molecule has 2 aromatic carbocycles. The number of aromatic nitrogens is 2. The van der Waals surface area contributed by atoms with E-state index < -0.39 is 0 Å².